The molecule has 3 aliphatic carbocycles. The van der Waals surface area contributed by atoms with Gasteiger partial charge in [0.25, 0.3) is 0 Å². The minimum atomic E-state index is -0.419. The van der Waals surface area contributed by atoms with Crippen molar-refractivity contribution in [3.05, 3.63) is 0 Å². The highest BCUT2D eigenvalue weighted by Crippen LogP contribution is 2.33. The van der Waals surface area contributed by atoms with E-state index in [-0.39, 0.29) is 17.8 Å². The third kappa shape index (κ3) is 26.9. The van der Waals surface area contributed by atoms with Gasteiger partial charge in [-0.1, -0.05) is 28.8 Å². The zero-order chi connectivity index (χ0) is 29.9. The van der Waals surface area contributed by atoms with E-state index in [0.717, 1.165) is 50.1 Å². The molecule has 0 radical (unpaired) electrons. The largest absolute Gasteiger partial charge is 0.444 e. The maximum absolute atomic E-state index is 11.8. The van der Waals surface area contributed by atoms with E-state index < -0.39 is 5.60 Å². The zero-order valence-corrected chi connectivity index (χ0v) is 27.7. The summed E-state index contributed by atoms with van der Waals surface area (Å²) in [5.41, 5.74) is -0.795. The van der Waals surface area contributed by atoms with E-state index in [2.05, 4.69) is 26.0 Å². The molecule has 3 fully saturated rings. The van der Waals surface area contributed by atoms with Crippen LogP contribution in [0, 0.1) is 5.92 Å². The van der Waals surface area contributed by atoms with Crippen LogP contribution in [0.15, 0.2) is 0 Å². The normalized spacial score (nSPS) is 16.3. The Morgan fingerprint density at radius 1 is 0.795 bits per heavy atom. The van der Waals surface area contributed by atoms with E-state index in [0.29, 0.717) is 25.2 Å². The summed E-state index contributed by atoms with van der Waals surface area (Å²) in [6, 6.07) is 0.750. The van der Waals surface area contributed by atoms with Crippen molar-refractivity contribution in [1.82, 2.24) is 10.2 Å². The third-order valence-corrected chi connectivity index (χ3v) is 5.71. The molecule has 3 aliphatic rings. The van der Waals surface area contributed by atoms with Crippen LogP contribution in [0.5, 0.6) is 0 Å². The zero-order valence-electron chi connectivity index (χ0n) is 26.1. The fourth-order valence-electron chi connectivity index (χ4n) is 3.02. The number of alkyl halides is 1. The van der Waals surface area contributed by atoms with Crippen molar-refractivity contribution in [2.24, 2.45) is 5.92 Å². The predicted octanol–water partition coefficient (Wildman–Crippen LogP) is 6.56. The Balaban J connectivity index is 0.000000530. The van der Waals surface area contributed by atoms with Gasteiger partial charge in [0, 0.05) is 51.9 Å². The van der Waals surface area contributed by atoms with Gasteiger partial charge in [-0.3, -0.25) is 0 Å². The van der Waals surface area contributed by atoms with Gasteiger partial charge in [0.1, 0.15) is 11.2 Å². The molecule has 3 saturated carbocycles. The molecule has 0 unspecified atom stereocenters. The first kappa shape index (κ1) is 37.9. The molecule has 9 nitrogen and oxygen atoms in total. The number of nitrogens with one attached hydrogen (secondary N) is 1. The number of amides is 2. The van der Waals surface area contributed by atoms with Crippen LogP contribution in [0.3, 0.4) is 0 Å². The average molecular weight is 626 g/mol. The molecule has 2 amide bonds. The van der Waals surface area contributed by atoms with Gasteiger partial charge >= 0.3 is 12.2 Å². The lowest BCUT2D eigenvalue weighted by Gasteiger charge is -2.27. The van der Waals surface area contributed by atoms with Gasteiger partial charge < -0.3 is 33.9 Å². The number of alkyl carbamates (subject to hydrolysis) is 1. The summed E-state index contributed by atoms with van der Waals surface area (Å²) >= 11 is 3.18. The number of hydrogen-bond donors (Lipinski definition) is 1. The molecule has 0 aliphatic heterocycles. The molecule has 0 saturated heterocycles. The number of rotatable bonds is 11. The second-order valence-corrected chi connectivity index (χ2v) is 12.9. The highest BCUT2D eigenvalue weighted by atomic mass is 79.9. The van der Waals surface area contributed by atoms with E-state index in [1.54, 1.807) is 26.2 Å². The first-order chi connectivity index (χ1) is 18.3. The SMILES string of the molecule is CC(C)(C)OC(=O)NC1CC1.COCCBr.COCCCC1CC1.COCCN(C(=O)OC(C)(C)C)C1CC1. The van der Waals surface area contributed by atoms with Crippen LogP contribution in [-0.2, 0) is 23.7 Å². The van der Waals surface area contributed by atoms with Crippen molar-refractivity contribution in [3.8, 4) is 0 Å². The van der Waals surface area contributed by atoms with E-state index in [4.69, 9.17) is 18.9 Å². The number of halogens is 1. The maximum Gasteiger partial charge on any atom is 0.410 e. The van der Waals surface area contributed by atoms with Gasteiger partial charge in [0.05, 0.1) is 13.2 Å². The smallest absolute Gasteiger partial charge is 0.410 e. The molecule has 0 atom stereocenters. The number of carbonyl (C=O) groups is 2. The number of ether oxygens (including phenoxy) is 5. The van der Waals surface area contributed by atoms with E-state index in [1.807, 2.05) is 41.5 Å². The van der Waals surface area contributed by atoms with Crippen LogP contribution >= 0.6 is 15.9 Å². The Kier molecular flexibility index (Phi) is 20.1. The fraction of sp³-hybridized carbons (Fsp3) is 0.931. The van der Waals surface area contributed by atoms with Crippen LogP contribution < -0.4 is 5.32 Å². The summed E-state index contributed by atoms with van der Waals surface area (Å²) in [6.07, 6.45) is 9.47. The summed E-state index contributed by atoms with van der Waals surface area (Å²) in [6.45, 7) is 14.2. The Morgan fingerprint density at radius 3 is 1.69 bits per heavy atom. The van der Waals surface area contributed by atoms with Gasteiger partial charge in [0.15, 0.2) is 0 Å². The Bertz CT molecular complexity index is 639. The summed E-state index contributed by atoms with van der Waals surface area (Å²) < 4.78 is 24.9. The molecule has 232 valence electrons. The average Bonchev–Trinajstić information content (AvgIpc) is 3.65. The Hall–Kier alpha value is -1.10. The molecule has 0 bridgehead atoms. The molecule has 0 aromatic carbocycles. The first-order valence-electron chi connectivity index (χ1n) is 14.3. The summed E-state index contributed by atoms with van der Waals surface area (Å²) in [4.78, 5) is 24.5. The molecule has 39 heavy (non-hydrogen) atoms. The molecule has 1 N–H and O–H groups in total. The quantitative estimate of drug-likeness (QED) is 0.205. The lowest BCUT2D eigenvalue weighted by molar-refractivity contribution is 0.0184. The van der Waals surface area contributed by atoms with E-state index in [9.17, 15) is 9.59 Å². The summed E-state index contributed by atoms with van der Waals surface area (Å²) in [5, 5.41) is 3.68. The van der Waals surface area contributed by atoms with Crippen LogP contribution in [-0.4, -0.2) is 93.4 Å². The highest BCUT2D eigenvalue weighted by molar-refractivity contribution is 9.09. The third-order valence-electron chi connectivity index (χ3n) is 5.39. The van der Waals surface area contributed by atoms with Crippen LogP contribution in [0.1, 0.15) is 92.9 Å². The van der Waals surface area contributed by atoms with Gasteiger partial charge in [-0.25, -0.2) is 9.59 Å². The molecule has 0 spiro atoms. The molecular formula is C29H57BrN2O7. The standard InChI is InChI=1S/C11H21NO3.C8H15NO2.C7H14O.C3H7BrO/c1-11(2,3)15-10(13)12(7-8-14-4)9-5-6-9;1-8(2,3)11-7(10)9-6-4-5-6;1-8-6-2-3-7-4-5-7;1-5-3-2-4/h9H,5-8H2,1-4H3;6H,4-5H2,1-3H3,(H,9,10);7H,2-6H2,1H3;2-3H2,1H3. The molecule has 0 aromatic rings. The fourth-order valence-corrected chi connectivity index (χ4v) is 3.34. The van der Waals surface area contributed by atoms with Crippen molar-refractivity contribution in [2.75, 3.05) is 53.0 Å². The number of hydrogen-bond acceptors (Lipinski definition) is 7. The number of methoxy groups -OCH3 is 3. The molecule has 10 heteroatoms. The minimum Gasteiger partial charge on any atom is -0.444 e. The Labute approximate surface area is 246 Å². The van der Waals surface area contributed by atoms with Gasteiger partial charge in [0.2, 0.25) is 0 Å². The summed E-state index contributed by atoms with van der Waals surface area (Å²) in [7, 11) is 5.09. The van der Waals surface area contributed by atoms with E-state index in [1.165, 1.54) is 25.7 Å². The maximum atomic E-state index is 11.8. The van der Waals surface area contributed by atoms with Crippen LogP contribution in [0.4, 0.5) is 9.59 Å². The van der Waals surface area contributed by atoms with Crippen LogP contribution in [0.2, 0.25) is 0 Å². The van der Waals surface area contributed by atoms with Crippen molar-refractivity contribution in [2.45, 2.75) is 116 Å². The predicted molar refractivity (Wildman–Crippen MR) is 160 cm³/mol. The number of nitrogens with zero attached hydrogens (tertiary/aromatic N) is 1. The second-order valence-electron chi connectivity index (χ2n) is 12.1. The molecular weight excluding hydrogens is 568 g/mol. The summed E-state index contributed by atoms with van der Waals surface area (Å²) in [5.74, 6) is 1.07. The Morgan fingerprint density at radius 2 is 1.33 bits per heavy atom. The van der Waals surface area contributed by atoms with Crippen molar-refractivity contribution in [3.63, 3.8) is 0 Å². The number of carbonyl (C=O) groups excluding carboxylic acids is 2. The lowest BCUT2D eigenvalue weighted by Crippen LogP contribution is -2.40. The topological polar surface area (TPSA) is 95.6 Å². The van der Waals surface area contributed by atoms with Gasteiger partial charge in [-0.2, -0.15) is 0 Å². The van der Waals surface area contributed by atoms with Crippen molar-refractivity contribution in [1.29, 1.82) is 0 Å². The first-order valence-corrected chi connectivity index (χ1v) is 15.4. The molecule has 0 aromatic heterocycles. The van der Waals surface area contributed by atoms with Gasteiger partial charge in [-0.15, -0.1) is 0 Å². The lowest BCUT2D eigenvalue weighted by atomic mass is 10.2. The minimum absolute atomic E-state index is 0.220. The van der Waals surface area contributed by atoms with Crippen LogP contribution in [0.25, 0.3) is 0 Å². The monoisotopic (exact) mass is 624 g/mol. The van der Waals surface area contributed by atoms with E-state index >= 15 is 0 Å². The van der Waals surface area contributed by atoms with Crippen molar-refractivity contribution < 1.29 is 33.3 Å². The highest BCUT2D eigenvalue weighted by Gasteiger charge is 2.34. The second kappa shape index (κ2) is 20.7. The molecule has 0 heterocycles. The van der Waals surface area contributed by atoms with Crippen molar-refractivity contribution >= 4 is 28.1 Å². The van der Waals surface area contributed by atoms with Gasteiger partial charge in [-0.05, 0) is 86.0 Å². The molecule has 3 rings (SSSR count).